The molecule has 1 amide bonds. The number of anilines is 1. The van der Waals surface area contributed by atoms with E-state index in [1.165, 1.54) is 5.75 Å². The molecule has 5 heteroatoms. The minimum Gasteiger partial charge on any atom is -0.380 e. The summed E-state index contributed by atoms with van der Waals surface area (Å²) in [4.78, 5) is 11.6. The van der Waals surface area contributed by atoms with Gasteiger partial charge in [0.2, 0.25) is 0 Å². The van der Waals surface area contributed by atoms with Crippen molar-refractivity contribution < 1.29 is 4.79 Å². The van der Waals surface area contributed by atoms with Crippen LogP contribution in [0, 0.1) is 0 Å². The largest absolute Gasteiger partial charge is 0.380 e. The highest BCUT2D eigenvalue weighted by Crippen LogP contribution is 2.31. The van der Waals surface area contributed by atoms with Crippen molar-refractivity contribution in [3.63, 3.8) is 0 Å². The summed E-state index contributed by atoms with van der Waals surface area (Å²) < 4.78 is 0. The molecule has 2 rings (SSSR count). The van der Waals surface area contributed by atoms with Gasteiger partial charge in [0.15, 0.2) is 0 Å². The van der Waals surface area contributed by atoms with E-state index < -0.39 is 0 Å². The Bertz CT molecular complexity index is 453. The molecule has 1 heterocycles. The van der Waals surface area contributed by atoms with E-state index in [0.29, 0.717) is 21.9 Å². The number of hydrogen-bond acceptors (Lipinski definition) is 3. The highest BCUT2D eigenvalue weighted by Gasteiger charge is 2.24. The summed E-state index contributed by atoms with van der Waals surface area (Å²) in [5, 5.41) is 7.29. The van der Waals surface area contributed by atoms with Gasteiger partial charge < -0.3 is 10.6 Å². The van der Waals surface area contributed by atoms with Gasteiger partial charge in [0.05, 0.1) is 10.7 Å². The van der Waals surface area contributed by atoms with Gasteiger partial charge in [-0.3, -0.25) is 4.79 Å². The summed E-state index contributed by atoms with van der Waals surface area (Å²) >= 11 is 8.13. The Morgan fingerprint density at radius 2 is 2.28 bits per heavy atom. The highest BCUT2D eigenvalue weighted by molar-refractivity contribution is 8.00. The predicted molar refractivity (Wildman–Crippen MR) is 78.8 cm³/mol. The summed E-state index contributed by atoms with van der Waals surface area (Å²) in [5.74, 6) is 1.08. The van der Waals surface area contributed by atoms with Crippen molar-refractivity contribution >= 4 is 35.0 Å². The zero-order valence-electron chi connectivity index (χ0n) is 10.5. The van der Waals surface area contributed by atoms with Crippen molar-refractivity contribution in [2.24, 2.45) is 0 Å². The number of carbonyl (C=O) groups is 1. The maximum absolute atomic E-state index is 11.6. The van der Waals surface area contributed by atoms with Gasteiger partial charge in [-0.1, -0.05) is 18.5 Å². The van der Waals surface area contributed by atoms with Gasteiger partial charge in [0.25, 0.3) is 5.91 Å². The van der Waals surface area contributed by atoms with Crippen LogP contribution < -0.4 is 10.6 Å². The Labute approximate surface area is 117 Å². The van der Waals surface area contributed by atoms with Gasteiger partial charge in [-0.15, -0.1) is 0 Å². The quantitative estimate of drug-likeness (QED) is 0.896. The van der Waals surface area contributed by atoms with Crippen molar-refractivity contribution in [2.45, 2.75) is 24.6 Å². The molecular weight excluding hydrogens is 268 g/mol. The number of benzene rings is 1. The molecule has 0 saturated carbocycles. The number of carbonyl (C=O) groups excluding carboxylic acids is 1. The van der Waals surface area contributed by atoms with E-state index in [4.69, 9.17) is 11.6 Å². The lowest BCUT2D eigenvalue weighted by molar-refractivity contribution is 0.0963. The lowest BCUT2D eigenvalue weighted by atomic mass is 10.1. The fraction of sp³-hybridized carbons (Fsp3) is 0.462. The summed E-state index contributed by atoms with van der Waals surface area (Å²) in [6.45, 7) is 2.21. The molecule has 18 heavy (non-hydrogen) atoms. The second-order valence-corrected chi connectivity index (χ2v) is 6.28. The molecule has 0 aromatic heterocycles. The first-order chi connectivity index (χ1) is 8.61. The van der Waals surface area contributed by atoms with Gasteiger partial charge in [-0.05, 0) is 30.4 Å². The van der Waals surface area contributed by atoms with Crippen LogP contribution in [-0.2, 0) is 0 Å². The Balaban J connectivity index is 2.18. The summed E-state index contributed by atoms with van der Waals surface area (Å²) in [5.41, 5.74) is 1.47. The molecule has 3 nitrogen and oxygen atoms in total. The van der Waals surface area contributed by atoms with Crippen LogP contribution in [0.1, 0.15) is 23.7 Å². The molecule has 0 bridgehead atoms. The van der Waals surface area contributed by atoms with E-state index in [1.807, 2.05) is 17.8 Å². The molecule has 2 atom stereocenters. The minimum atomic E-state index is -0.0939. The maximum atomic E-state index is 11.6. The van der Waals surface area contributed by atoms with Crippen LogP contribution in [0.3, 0.4) is 0 Å². The van der Waals surface area contributed by atoms with Gasteiger partial charge >= 0.3 is 0 Å². The van der Waals surface area contributed by atoms with Crippen molar-refractivity contribution in [1.29, 1.82) is 0 Å². The molecule has 98 valence electrons. The van der Waals surface area contributed by atoms with E-state index in [-0.39, 0.29) is 5.91 Å². The number of nitrogens with one attached hydrogen (secondary N) is 2. The van der Waals surface area contributed by atoms with Gasteiger partial charge in [0.1, 0.15) is 0 Å². The second kappa shape index (κ2) is 5.85. The molecule has 1 aromatic carbocycles. The lowest BCUT2D eigenvalue weighted by Gasteiger charge is -2.19. The van der Waals surface area contributed by atoms with Crippen LogP contribution >= 0.6 is 23.4 Å². The molecule has 1 aliphatic heterocycles. The molecule has 2 N–H and O–H groups in total. The smallest absolute Gasteiger partial charge is 0.251 e. The third-order valence-electron chi connectivity index (χ3n) is 3.17. The van der Waals surface area contributed by atoms with E-state index in [2.05, 4.69) is 17.6 Å². The van der Waals surface area contributed by atoms with Crippen LogP contribution in [0.25, 0.3) is 0 Å². The Morgan fingerprint density at radius 1 is 1.50 bits per heavy atom. The zero-order valence-corrected chi connectivity index (χ0v) is 12.1. The summed E-state index contributed by atoms with van der Waals surface area (Å²) in [6.07, 6.45) is 1.13. The molecule has 0 spiro atoms. The monoisotopic (exact) mass is 284 g/mol. The van der Waals surface area contributed by atoms with Crippen LogP contribution in [0.4, 0.5) is 5.69 Å². The molecule has 2 unspecified atom stereocenters. The topological polar surface area (TPSA) is 41.1 Å². The predicted octanol–water partition coefficient (Wildman–Crippen LogP) is 3.01. The van der Waals surface area contributed by atoms with Gasteiger partial charge in [0, 0.05) is 23.9 Å². The summed E-state index contributed by atoms with van der Waals surface area (Å²) in [6, 6.07) is 5.74. The highest BCUT2D eigenvalue weighted by atomic mass is 35.5. The zero-order chi connectivity index (χ0) is 13.1. The van der Waals surface area contributed by atoms with Crippen LogP contribution in [0.15, 0.2) is 18.2 Å². The SMILES string of the molecule is CNC(=O)c1ccc(Cl)c(NC2CCSC2C)c1. The number of hydrogen-bond donors (Lipinski definition) is 2. The molecule has 0 radical (unpaired) electrons. The van der Waals surface area contributed by atoms with Crippen molar-refractivity contribution in [1.82, 2.24) is 5.32 Å². The molecule has 1 aromatic rings. The third-order valence-corrected chi connectivity index (χ3v) is 4.83. The Morgan fingerprint density at radius 3 is 2.89 bits per heavy atom. The number of rotatable bonds is 3. The molecule has 1 aliphatic rings. The van der Waals surface area contributed by atoms with E-state index in [9.17, 15) is 4.79 Å². The van der Waals surface area contributed by atoms with Crippen LogP contribution in [0.5, 0.6) is 0 Å². The minimum absolute atomic E-state index is 0.0939. The van der Waals surface area contributed by atoms with Gasteiger partial charge in [-0.2, -0.15) is 11.8 Å². The lowest BCUT2D eigenvalue weighted by Crippen LogP contribution is -2.25. The first-order valence-electron chi connectivity index (χ1n) is 6.01. The second-order valence-electron chi connectivity index (χ2n) is 4.39. The number of halogens is 1. The Hall–Kier alpha value is -0.870. The first kappa shape index (κ1) is 13.6. The van der Waals surface area contributed by atoms with Crippen molar-refractivity contribution in [2.75, 3.05) is 18.1 Å². The van der Waals surface area contributed by atoms with E-state index >= 15 is 0 Å². The maximum Gasteiger partial charge on any atom is 0.251 e. The standard InChI is InChI=1S/C13H17ClN2OS/c1-8-11(5-6-18-8)16-12-7-9(13(17)15-2)3-4-10(12)14/h3-4,7-8,11,16H,5-6H2,1-2H3,(H,15,17). The third kappa shape index (κ3) is 2.93. The average Bonchev–Trinajstić information content (AvgIpc) is 2.77. The average molecular weight is 285 g/mol. The molecule has 0 aliphatic carbocycles. The van der Waals surface area contributed by atoms with Crippen molar-refractivity contribution in [3.8, 4) is 0 Å². The fourth-order valence-corrected chi connectivity index (χ4v) is 3.41. The molecule has 1 fully saturated rings. The fourth-order valence-electron chi connectivity index (χ4n) is 2.04. The van der Waals surface area contributed by atoms with Gasteiger partial charge in [-0.25, -0.2) is 0 Å². The first-order valence-corrected chi connectivity index (χ1v) is 7.44. The number of amides is 1. The van der Waals surface area contributed by atoms with E-state index in [1.54, 1.807) is 19.2 Å². The number of thioether (sulfide) groups is 1. The van der Waals surface area contributed by atoms with Crippen LogP contribution in [0.2, 0.25) is 5.02 Å². The van der Waals surface area contributed by atoms with E-state index in [0.717, 1.165) is 12.1 Å². The Kier molecular flexibility index (Phi) is 4.40. The molecule has 1 saturated heterocycles. The molecular formula is C13H17ClN2OS. The van der Waals surface area contributed by atoms with Crippen molar-refractivity contribution in [3.05, 3.63) is 28.8 Å². The normalized spacial score (nSPS) is 22.8. The summed E-state index contributed by atoms with van der Waals surface area (Å²) in [7, 11) is 1.62. The van der Waals surface area contributed by atoms with Crippen LogP contribution in [-0.4, -0.2) is 30.0 Å².